The summed E-state index contributed by atoms with van der Waals surface area (Å²) in [5.41, 5.74) is -1.09. The van der Waals surface area contributed by atoms with Crippen LogP contribution in [0.5, 0.6) is 0 Å². The molecule has 1 atom stereocenters. The fourth-order valence-electron chi connectivity index (χ4n) is 2.98. The minimum absolute atomic E-state index is 0.273. The molecule has 24 heavy (non-hydrogen) atoms. The molecular formula is C18H32N4O2. The number of furan rings is 1. The lowest BCUT2D eigenvalue weighted by molar-refractivity contribution is 0.0433. The van der Waals surface area contributed by atoms with Crippen LogP contribution in [0.1, 0.15) is 33.5 Å². The summed E-state index contributed by atoms with van der Waals surface area (Å²) in [6.07, 6.45) is 1.58. The van der Waals surface area contributed by atoms with Crippen molar-refractivity contribution in [1.82, 2.24) is 15.1 Å². The first-order valence-electron chi connectivity index (χ1n) is 8.94. The zero-order chi connectivity index (χ0) is 17.6. The van der Waals surface area contributed by atoms with Gasteiger partial charge in [0.25, 0.3) is 0 Å². The fraction of sp³-hybridized carbons (Fsp3) is 0.722. The van der Waals surface area contributed by atoms with Gasteiger partial charge in [0.05, 0.1) is 12.8 Å². The fourth-order valence-corrected chi connectivity index (χ4v) is 2.98. The third-order valence-corrected chi connectivity index (χ3v) is 4.22. The molecule has 6 heteroatoms. The predicted octanol–water partition coefficient (Wildman–Crippen LogP) is 1.73. The molecule has 0 spiro atoms. The summed E-state index contributed by atoms with van der Waals surface area (Å²) in [6, 6.07) is 3.57. The van der Waals surface area contributed by atoms with E-state index >= 15 is 0 Å². The van der Waals surface area contributed by atoms with Gasteiger partial charge >= 0.3 is 0 Å². The van der Waals surface area contributed by atoms with Crippen molar-refractivity contribution in [3.05, 3.63) is 24.2 Å². The molecule has 6 nitrogen and oxygen atoms in total. The Hall–Kier alpha value is -1.53. The Kier molecular flexibility index (Phi) is 6.69. The average molecular weight is 336 g/mol. The van der Waals surface area contributed by atoms with E-state index in [2.05, 4.69) is 40.9 Å². The maximum atomic E-state index is 10.6. The first-order chi connectivity index (χ1) is 11.4. The topological polar surface area (TPSA) is 64.2 Å². The van der Waals surface area contributed by atoms with Gasteiger partial charge < -0.3 is 19.7 Å². The van der Waals surface area contributed by atoms with E-state index in [1.165, 1.54) is 0 Å². The molecule has 1 unspecified atom stereocenters. The van der Waals surface area contributed by atoms with E-state index < -0.39 is 5.60 Å². The molecule has 0 aromatic carbocycles. The van der Waals surface area contributed by atoms with Gasteiger partial charge in [0.2, 0.25) is 0 Å². The highest BCUT2D eigenvalue weighted by Gasteiger charge is 2.27. The number of aliphatic hydroxyl groups is 1. The van der Waals surface area contributed by atoms with Crippen molar-refractivity contribution >= 4 is 5.96 Å². The minimum atomic E-state index is -1.09. The number of nitrogens with one attached hydrogen (secondary N) is 1. The van der Waals surface area contributed by atoms with Crippen LogP contribution in [0.3, 0.4) is 0 Å². The second-order valence-corrected chi connectivity index (χ2v) is 7.10. The van der Waals surface area contributed by atoms with E-state index in [1.807, 2.05) is 0 Å². The van der Waals surface area contributed by atoms with Gasteiger partial charge in [-0.15, -0.1) is 0 Å². The van der Waals surface area contributed by atoms with Crippen LogP contribution in [-0.2, 0) is 5.60 Å². The van der Waals surface area contributed by atoms with Crippen LogP contribution in [0.15, 0.2) is 27.8 Å². The number of hydrogen-bond donors (Lipinski definition) is 2. The highest BCUT2D eigenvalue weighted by Crippen LogP contribution is 2.21. The molecule has 1 aliphatic rings. The van der Waals surface area contributed by atoms with E-state index in [4.69, 9.17) is 4.42 Å². The van der Waals surface area contributed by atoms with Gasteiger partial charge in [0.1, 0.15) is 11.4 Å². The van der Waals surface area contributed by atoms with Crippen LogP contribution in [0.25, 0.3) is 0 Å². The zero-order valence-electron chi connectivity index (χ0n) is 15.5. The Bertz CT molecular complexity index is 503. The van der Waals surface area contributed by atoms with E-state index in [-0.39, 0.29) is 6.54 Å². The number of piperazine rings is 1. The Labute approximate surface area is 145 Å². The zero-order valence-corrected chi connectivity index (χ0v) is 15.5. The Morgan fingerprint density at radius 3 is 2.62 bits per heavy atom. The molecule has 0 radical (unpaired) electrons. The SMILES string of the molecule is CCNC(=NCC(C)(O)c1ccco1)N1CCN(CC(C)C)CC1. The first-order valence-corrected chi connectivity index (χ1v) is 8.94. The third kappa shape index (κ3) is 5.24. The normalized spacial score (nSPS) is 19.6. The molecule has 1 aromatic heterocycles. The highest BCUT2D eigenvalue weighted by molar-refractivity contribution is 5.80. The maximum Gasteiger partial charge on any atom is 0.194 e. The lowest BCUT2D eigenvalue weighted by atomic mass is 10.0. The Balaban J connectivity index is 1.96. The van der Waals surface area contributed by atoms with Crippen LogP contribution < -0.4 is 5.32 Å². The molecule has 0 saturated carbocycles. The molecule has 1 aromatic rings. The van der Waals surface area contributed by atoms with Gasteiger partial charge in [-0.05, 0) is 31.9 Å². The minimum Gasteiger partial charge on any atom is -0.466 e. The van der Waals surface area contributed by atoms with E-state index in [0.717, 1.165) is 45.2 Å². The van der Waals surface area contributed by atoms with Crippen molar-refractivity contribution < 1.29 is 9.52 Å². The predicted molar refractivity (Wildman–Crippen MR) is 97.1 cm³/mol. The van der Waals surface area contributed by atoms with E-state index in [1.54, 1.807) is 25.3 Å². The number of aliphatic imine (C=N–C) groups is 1. The molecule has 136 valence electrons. The quantitative estimate of drug-likeness (QED) is 0.612. The van der Waals surface area contributed by atoms with Crippen molar-refractivity contribution in [2.75, 3.05) is 45.8 Å². The maximum absolute atomic E-state index is 10.6. The van der Waals surface area contributed by atoms with Crippen LogP contribution in [0.2, 0.25) is 0 Å². The van der Waals surface area contributed by atoms with E-state index in [0.29, 0.717) is 11.7 Å². The summed E-state index contributed by atoms with van der Waals surface area (Å²) in [6.45, 7) is 14.6. The number of nitrogens with zero attached hydrogens (tertiary/aromatic N) is 3. The number of guanidine groups is 1. The first kappa shape index (κ1) is 18.8. The van der Waals surface area contributed by atoms with E-state index in [9.17, 15) is 5.11 Å². The molecule has 2 heterocycles. The van der Waals surface area contributed by atoms with Gasteiger partial charge in [0, 0.05) is 39.3 Å². The molecule has 0 amide bonds. The van der Waals surface area contributed by atoms with Gasteiger partial charge in [-0.2, -0.15) is 0 Å². The standard InChI is InChI=1S/C18H32N4O2/c1-5-19-17(20-14-18(4,23)16-7-6-12-24-16)22-10-8-21(9-11-22)13-15(2)3/h6-7,12,15,23H,5,8-11,13-14H2,1-4H3,(H,19,20). The largest absolute Gasteiger partial charge is 0.466 e. The van der Waals surface area contributed by atoms with Gasteiger partial charge in [0.15, 0.2) is 5.96 Å². The summed E-state index contributed by atoms with van der Waals surface area (Å²) in [4.78, 5) is 9.43. The van der Waals surface area contributed by atoms with Crippen molar-refractivity contribution in [3.63, 3.8) is 0 Å². The molecule has 1 saturated heterocycles. The van der Waals surface area contributed by atoms with Gasteiger partial charge in [-0.25, -0.2) is 4.99 Å². The Morgan fingerprint density at radius 2 is 2.08 bits per heavy atom. The monoisotopic (exact) mass is 336 g/mol. The van der Waals surface area contributed by atoms with Crippen LogP contribution in [-0.4, -0.2) is 66.7 Å². The molecule has 0 bridgehead atoms. The number of rotatable bonds is 6. The second-order valence-electron chi connectivity index (χ2n) is 7.10. The van der Waals surface area contributed by atoms with Gasteiger partial charge in [-0.3, -0.25) is 4.90 Å². The number of hydrogen-bond acceptors (Lipinski definition) is 4. The summed E-state index contributed by atoms with van der Waals surface area (Å²) < 4.78 is 5.33. The Morgan fingerprint density at radius 1 is 1.38 bits per heavy atom. The van der Waals surface area contributed by atoms with Crippen molar-refractivity contribution in [3.8, 4) is 0 Å². The van der Waals surface area contributed by atoms with Gasteiger partial charge in [-0.1, -0.05) is 13.8 Å². The van der Waals surface area contributed by atoms with Crippen LogP contribution >= 0.6 is 0 Å². The third-order valence-electron chi connectivity index (χ3n) is 4.22. The lowest BCUT2D eigenvalue weighted by Crippen LogP contribution is -2.53. The van der Waals surface area contributed by atoms with Crippen molar-refractivity contribution in [2.24, 2.45) is 10.9 Å². The molecule has 2 rings (SSSR count). The molecule has 2 N–H and O–H groups in total. The van der Waals surface area contributed by atoms with Crippen LogP contribution in [0, 0.1) is 5.92 Å². The molecular weight excluding hydrogens is 304 g/mol. The molecule has 0 aliphatic carbocycles. The average Bonchev–Trinajstić information content (AvgIpc) is 3.07. The molecule has 1 fully saturated rings. The summed E-state index contributed by atoms with van der Waals surface area (Å²) in [7, 11) is 0. The summed E-state index contributed by atoms with van der Waals surface area (Å²) in [5, 5.41) is 13.9. The second kappa shape index (κ2) is 8.53. The highest BCUT2D eigenvalue weighted by atomic mass is 16.4. The molecule has 1 aliphatic heterocycles. The van der Waals surface area contributed by atoms with Crippen molar-refractivity contribution in [1.29, 1.82) is 0 Å². The van der Waals surface area contributed by atoms with Crippen molar-refractivity contribution in [2.45, 2.75) is 33.3 Å². The lowest BCUT2D eigenvalue weighted by Gasteiger charge is -2.37. The summed E-state index contributed by atoms with van der Waals surface area (Å²) in [5.74, 6) is 2.11. The smallest absolute Gasteiger partial charge is 0.194 e. The summed E-state index contributed by atoms with van der Waals surface area (Å²) >= 11 is 0. The van der Waals surface area contributed by atoms with Crippen LogP contribution in [0.4, 0.5) is 0 Å².